The topological polar surface area (TPSA) is 54.5 Å². The molecule has 7 rings (SSSR count). The highest BCUT2D eigenvalue weighted by molar-refractivity contribution is 6.32. The van der Waals surface area contributed by atoms with E-state index < -0.39 is 46.6 Å². The van der Waals surface area contributed by atoms with Crippen molar-refractivity contribution in [1.82, 2.24) is 0 Å². The first-order valence-corrected chi connectivity index (χ1v) is 13.1. The highest BCUT2D eigenvalue weighted by Gasteiger charge is 2.71. The summed E-state index contributed by atoms with van der Waals surface area (Å²) in [6.45, 7) is 1.91. The fourth-order valence-electron chi connectivity index (χ4n) is 6.91. The molecule has 0 saturated carbocycles. The molecule has 0 bridgehead atoms. The number of nitrogens with zero attached hydrogens (tertiary/aromatic N) is 1. The third-order valence-corrected chi connectivity index (χ3v) is 8.61. The predicted octanol–water partition coefficient (Wildman–Crippen LogP) is 6.59. The van der Waals surface area contributed by atoms with Gasteiger partial charge in [0.25, 0.3) is 0 Å². The largest absolute Gasteiger partial charge is 0.352 e. The summed E-state index contributed by atoms with van der Waals surface area (Å²) in [7, 11) is 0. The average molecular weight is 532 g/mol. The Kier molecular flexibility index (Phi) is 5.26. The van der Waals surface area contributed by atoms with Crippen LogP contribution >= 0.6 is 0 Å². The number of hydrogen-bond donors (Lipinski definition) is 0. The van der Waals surface area contributed by atoms with E-state index in [9.17, 15) is 18.8 Å². The minimum Gasteiger partial charge on any atom is -0.352 e. The molecule has 0 N–H and O–H groups in total. The molecule has 0 unspecified atom stereocenters. The number of hydrogen-bond acceptors (Lipinski definition) is 4. The maximum Gasteiger partial charge on any atom is 0.185 e. The fourth-order valence-corrected chi connectivity index (χ4v) is 6.91. The van der Waals surface area contributed by atoms with E-state index in [1.807, 2.05) is 19.1 Å². The Bertz CT molecular complexity index is 1740. The Morgan fingerprint density at radius 1 is 0.825 bits per heavy atom. The molecule has 0 amide bonds. The van der Waals surface area contributed by atoms with Crippen LogP contribution in [0.5, 0.6) is 0 Å². The number of Topliss-reactive ketones (excluding diaryl/α,β-unsaturated/α-hetero) is 3. The molecular formula is C34H23F2NO3. The Hall–Kier alpha value is -4.71. The number of benzene rings is 4. The molecular weight excluding hydrogens is 508 g/mol. The number of ketones is 3. The molecule has 3 aliphatic rings. The van der Waals surface area contributed by atoms with Crippen LogP contribution in [-0.2, 0) is 0 Å². The van der Waals surface area contributed by atoms with Gasteiger partial charge in [-0.15, -0.1) is 0 Å². The van der Waals surface area contributed by atoms with Crippen molar-refractivity contribution in [3.05, 3.63) is 142 Å². The second-order valence-corrected chi connectivity index (χ2v) is 10.7. The second-order valence-electron chi connectivity index (χ2n) is 10.7. The summed E-state index contributed by atoms with van der Waals surface area (Å²) in [4.78, 5) is 45.3. The number of aryl methyl sites for hydroxylation is 1. The van der Waals surface area contributed by atoms with Crippen molar-refractivity contribution < 1.29 is 23.2 Å². The lowest BCUT2D eigenvalue weighted by Gasteiger charge is -2.37. The van der Waals surface area contributed by atoms with Crippen molar-refractivity contribution in [3.8, 4) is 0 Å². The minimum absolute atomic E-state index is 0.119. The monoisotopic (exact) mass is 531 g/mol. The number of carbonyl (C=O) groups is 3. The Morgan fingerprint density at radius 2 is 1.48 bits per heavy atom. The van der Waals surface area contributed by atoms with Crippen LogP contribution in [0.2, 0.25) is 0 Å². The molecule has 4 aromatic rings. The summed E-state index contributed by atoms with van der Waals surface area (Å²) in [6, 6.07) is 21.8. The quantitative estimate of drug-likeness (QED) is 0.221. The zero-order valence-corrected chi connectivity index (χ0v) is 21.5. The highest BCUT2D eigenvalue weighted by atomic mass is 19.1. The lowest BCUT2D eigenvalue weighted by Crippen LogP contribution is -2.48. The van der Waals surface area contributed by atoms with Gasteiger partial charge in [0, 0.05) is 33.9 Å². The van der Waals surface area contributed by atoms with E-state index >= 15 is 4.39 Å². The van der Waals surface area contributed by atoms with Crippen LogP contribution in [0.25, 0.3) is 6.08 Å². The molecule has 0 radical (unpaired) electrons. The van der Waals surface area contributed by atoms with Gasteiger partial charge in [0.2, 0.25) is 0 Å². The fraction of sp³-hybridized carbons (Fsp3) is 0.147. The number of anilines is 1. The van der Waals surface area contributed by atoms with Crippen molar-refractivity contribution in [2.75, 3.05) is 4.90 Å². The van der Waals surface area contributed by atoms with Gasteiger partial charge in [-0.1, -0.05) is 84.4 Å². The summed E-state index contributed by atoms with van der Waals surface area (Å²) < 4.78 is 30.1. The van der Waals surface area contributed by atoms with Gasteiger partial charge >= 0.3 is 0 Å². The van der Waals surface area contributed by atoms with E-state index in [1.165, 1.54) is 24.3 Å². The SMILES string of the molecule is Cc1ccc(C(=O)[C@@H]2[C@@H](c3ccccc3F)C3(C(=O)c4ccccc4C3=O)[C@H]3C=Cc4cc(F)ccc4N23)cc1. The van der Waals surface area contributed by atoms with E-state index in [0.29, 0.717) is 16.8 Å². The van der Waals surface area contributed by atoms with Crippen molar-refractivity contribution in [2.24, 2.45) is 5.41 Å². The third kappa shape index (κ3) is 3.13. The summed E-state index contributed by atoms with van der Waals surface area (Å²) in [5, 5.41) is 0. The van der Waals surface area contributed by atoms with Crippen LogP contribution in [0, 0.1) is 24.0 Å². The molecule has 1 aliphatic carbocycles. The maximum absolute atomic E-state index is 15.8. The van der Waals surface area contributed by atoms with E-state index in [-0.39, 0.29) is 22.5 Å². The van der Waals surface area contributed by atoms with Crippen molar-refractivity contribution in [1.29, 1.82) is 0 Å². The van der Waals surface area contributed by atoms with Crippen molar-refractivity contribution in [2.45, 2.75) is 24.9 Å². The maximum atomic E-state index is 15.8. The first kappa shape index (κ1) is 24.3. The van der Waals surface area contributed by atoms with Crippen molar-refractivity contribution in [3.63, 3.8) is 0 Å². The number of carbonyl (C=O) groups excluding carboxylic acids is 3. The van der Waals surface area contributed by atoms with Gasteiger partial charge in [-0.25, -0.2) is 8.78 Å². The van der Waals surface area contributed by atoms with Gasteiger partial charge in [-0.3, -0.25) is 14.4 Å². The van der Waals surface area contributed by atoms with Crippen molar-refractivity contribution >= 4 is 29.1 Å². The zero-order valence-electron chi connectivity index (χ0n) is 21.5. The van der Waals surface area contributed by atoms with Crippen LogP contribution in [0.4, 0.5) is 14.5 Å². The molecule has 2 heterocycles. The van der Waals surface area contributed by atoms with E-state index in [0.717, 1.165) is 5.56 Å². The lowest BCUT2D eigenvalue weighted by molar-refractivity contribution is 0.0664. The second kappa shape index (κ2) is 8.65. The molecule has 0 aromatic heterocycles. The molecule has 1 saturated heterocycles. The zero-order chi connectivity index (χ0) is 27.8. The molecule has 196 valence electrons. The summed E-state index contributed by atoms with van der Waals surface area (Å²) in [6.07, 6.45) is 3.38. The van der Waals surface area contributed by atoms with Gasteiger partial charge in [0.15, 0.2) is 17.3 Å². The number of halogens is 2. The Balaban J connectivity index is 1.56. The molecule has 4 aromatic carbocycles. The number of fused-ring (bicyclic) bond motifs is 5. The van der Waals surface area contributed by atoms with Crippen LogP contribution in [0.1, 0.15) is 53.7 Å². The van der Waals surface area contributed by atoms with Crippen LogP contribution in [-0.4, -0.2) is 29.4 Å². The lowest BCUT2D eigenvalue weighted by atomic mass is 9.64. The molecule has 3 atom stereocenters. The standard InChI is InChI=1S/C34H23F2NO3/c1-19-10-12-20(13-11-19)31(38)30-29(25-8-4-5-9-26(25)36)34(32(39)23-6-2-3-7-24(23)33(34)40)28-17-14-21-18-22(35)15-16-27(21)37(28)30/h2-18,28-30H,1H3/t28-,29-,30+/m1/s1. The van der Waals surface area contributed by atoms with Gasteiger partial charge in [-0.05, 0) is 36.8 Å². The molecule has 40 heavy (non-hydrogen) atoms. The molecule has 6 heteroatoms. The number of rotatable bonds is 3. The van der Waals surface area contributed by atoms with Crippen LogP contribution in [0.15, 0.2) is 97.1 Å². The Morgan fingerprint density at radius 3 is 2.15 bits per heavy atom. The van der Waals surface area contributed by atoms with Crippen LogP contribution < -0.4 is 4.90 Å². The van der Waals surface area contributed by atoms with Gasteiger partial charge < -0.3 is 4.90 Å². The van der Waals surface area contributed by atoms with E-state index in [4.69, 9.17) is 0 Å². The normalized spacial score (nSPS) is 21.9. The van der Waals surface area contributed by atoms with Gasteiger partial charge in [0.05, 0.1) is 6.04 Å². The van der Waals surface area contributed by atoms with E-state index in [2.05, 4.69) is 0 Å². The molecule has 1 spiro atoms. The summed E-state index contributed by atoms with van der Waals surface area (Å²) in [5.41, 5.74) is 1.19. The first-order valence-electron chi connectivity index (χ1n) is 13.1. The molecule has 4 nitrogen and oxygen atoms in total. The average Bonchev–Trinajstić information content (AvgIpc) is 3.39. The predicted molar refractivity (Wildman–Crippen MR) is 148 cm³/mol. The van der Waals surface area contributed by atoms with Gasteiger partial charge in [-0.2, -0.15) is 0 Å². The highest BCUT2D eigenvalue weighted by Crippen LogP contribution is 2.61. The van der Waals surface area contributed by atoms with Gasteiger partial charge in [0.1, 0.15) is 23.1 Å². The Labute approximate surface area is 229 Å². The molecule has 2 aliphatic heterocycles. The third-order valence-electron chi connectivity index (χ3n) is 8.61. The summed E-state index contributed by atoms with van der Waals surface area (Å²) >= 11 is 0. The van der Waals surface area contributed by atoms with Crippen LogP contribution in [0.3, 0.4) is 0 Å². The van der Waals surface area contributed by atoms with E-state index in [1.54, 1.807) is 71.6 Å². The first-order chi connectivity index (χ1) is 19.3. The summed E-state index contributed by atoms with van der Waals surface area (Å²) in [5.74, 6) is -3.44. The minimum atomic E-state index is -1.81. The smallest absolute Gasteiger partial charge is 0.185 e. The molecule has 1 fully saturated rings.